The highest BCUT2D eigenvalue weighted by molar-refractivity contribution is 7.91. The molecule has 3 nitrogen and oxygen atoms in total. The summed E-state index contributed by atoms with van der Waals surface area (Å²) in [7, 11) is -3.64. The molecule has 0 amide bonds. The Balaban J connectivity index is 3.24. The SMILES string of the molecule is CS(=O)(=O)CC(=O)c1c(F)ccc(Cl)c1F. The van der Waals surface area contributed by atoms with E-state index < -0.39 is 43.6 Å². The fraction of sp³-hybridized carbons (Fsp3) is 0.222. The van der Waals surface area contributed by atoms with E-state index in [-0.39, 0.29) is 0 Å². The molecule has 0 N–H and O–H groups in total. The molecular formula is C9H7ClF2O3S. The normalized spacial score (nSPS) is 11.5. The highest BCUT2D eigenvalue weighted by Gasteiger charge is 2.22. The Morgan fingerprint density at radius 3 is 2.44 bits per heavy atom. The number of benzene rings is 1. The molecule has 0 aliphatic heterocycles. The van der Waals surface area contributed by atoms with Crippen molar-refractivity contribution < 1.29 is 22.0 Å². The zero-order chi connectivity index (χ0) is 12.5. The molecule has 0 heterocycles. The molecule has 0 aliphatic carbocycles. The topological polar surface area (TPSA) is 51.2 Å². The van der Waals surface area contributed by atoms with Crippen LogP contribution in [-0.4, -0.2) is 26.2 Å². The van der Waals surface area contributed by atoms with Crippen molar-refractivity contribution >= 4 is 27.2 Å². The number of ketones is 1. The second kappa shape index (κ2) is 4.47. The highest BCUT2D eigenvalue weighted by atomic mass is 35.5. The van der Waals surface area contributed by atoms with Crippen molar-refractivity contribution in [2.75, 3.05) is 12.0 Å². The van der Waals surface area contributed by atoms with Crippen LogP contribution in [0.1, 0.15) is 10.4 Å². The molecular weight excluding hydrogens is 262 g/mol. The predicted octanol–water partition coefficient (Wildman–Crippen LogP) is 1.85. The standard InChI is InChI=1S/C9H7ClF2O3S/c1-16(14,15)4-7(13)8-6(11)3-2-5(10)9(8)12/h2-3H,4H2,1H3. The summed E-state index contributed by atoms with van der Waals surface area (Å²) in [5, 5.41) is -0.432. The number of halogens is 3. The minimum absolute atomic E-state index is 0.432. The highest BCUT2D eigenvalue weighted by Crippen LogP contribution is 2.21. The van der Waals surface area contributed by atoms with Crippen LogP contribution in [0.25, 0.3) is 0 Å². The van der Waals surface area contributed by atoms with Crippen LogP contribution in [0.4, 0.5) is 8.78 Å². The van der Waals surface area contributed by atoms with Crippen LogP contribution in [0.3, 0.4) is 0 Å². The van der Waals surface area contributed by atoms with E-state index in [2.05, 4.69) is 0 Å². The Morgan fingerprint density at radius 2 is 1.94 bits per heavy atom. The van der Waals surface area contributed by atoms with Crippen molar-refractivity contribution in [2.45, 2.75) is 0 Å². The molecule has 0 fully saturated rings. The average molecular weight is 269 g/mol. The molecule has 0 radical (unpaired) electrons. The fourth-order valence-corrected chi connectivity index (χ4v) is 1.87. The van der Waals surface area contributed by atoms with E-state index in [1.807, 2.05) is 0 Å². The molecule has 1 aromatic carbocycles. The van der Waals surface area contributed by atoms with Crippen LogP contribution in [0, 0.1) is 11.6 Å². The molecule has 1 rings (SSSR count). The first-order valence-electron chi connectivity index (χ1n) is 4.07. The van der Waals surface area contributed by atoms with E-state index in [1.54, 1.807) is 0 Å². The van der Waals surface area contributed by atoms with E-state index in [1.165, 1.54) is 0 Å². The lowest BCUT2D eigenvalue weighted by Crippen LogP contribution is -2.17. The first-order valence-corrected chi connectivity index (χ1v) is 6.50. The second-order valence-corrected chi connectivity index (χ2v) is 5.76. The third-order valence-corrected chi connectivity index (χ3v) is 2.79. The van der Waals surface area contributed by atoms with Crippen LogP contribution in [0.2, 0.25) is 5.02 Å². The molecule has 0 atom stereocenters. The zero-order valence-electron chi connectivity index (χ0n) is 8.13. The molecule has 0 spiro atoms. The smallest absolute Gasteiger partial charge is 0.183 e. The van der Waals surface area contributed by atoms with Gasteiger partial charge in [0.2, 0.25) is 0 Å². The number of rotatable bonds is 3. The van der Waals surface area contributed by atoms with Gasteiger partial charge >= 0.3 is 0 Å². The van der Waals surface area contributed by atoms with E-state index >= 15 is 0 Å². The van der Waals surface area contributed by atoms with Gasteiger partial charge in [-0.25, -0.2) is 17.2 Å². The number of Topliss-reactive ketones (excluding diaryl/α,β-unsaturated/α-hetero) is 1. The maximum absolute atomic E-state index is 13.3. The van der Waals surface area contributed by atoms with Crippen molar-refractivity contribution in [1.82, 2.24) is 0 Å². The van der Waals surface area contributed by atoms with Gasteiger partial charge in [0.05, 0.1) is 10.6 Å². The third kappa shape index (κ3) is 2.99. The summed E-state index contributed by atoms with van der Waals surface area (Å²) in [4.78, 5) is 11.3. The summed E-state index contributed by atoms with van der Waals surface area (Å²) < 4.78 is 48.1. The maximum atomic E-state index is 13.3. The van der Waals surface area contributed by atoms with Crippen molar-refractivity contribution in [3.63, 3.8) is 0 Å². The molecule has 0 saturated heterocycles. The molecule has 7 heteroatoms. The lowest BCUT2D eigenvalue weighted by atomic mass is 10.1. The van der Waals surface area contributed by atoms with Crippen LogP contribution in [0.15, 0.2) is 12.1 Å². The van der Waals surface area contributed by atoms with E-state index in [0.717, 1.165) is 18.4 Å². The van der Waals surface area contributed by atoms with Gasteiger partial charge in [-0.05, 0) is 12.1 Å². The second-order valence-electron chi connectivity index (χ2n) is 3.21. The van der Waals surface area contributed by atoms with Gasteiger partial charge in [-0.15, -0.1) is 0 Å². The number of hydrogen-bond donors (Lipinski definition) is 0. The van der Waals surface area contributed by atoms with Crippen LogP contribution >= 0.6 is 11.6 Å². The Morgan fingerprint density at radius 1 is 1.38 bits per heavy atom. The van der Waals surface area contributed by atoms with Crippen molar-refractivity contribution in [3.05, 3.63) is 34.4 Å². The molecule has 88 valence electrons. The van der Waals surface area contributed by atoms with Gasteiger partial charge in [-0.2, -0.15) is 0 Å². The van der Waals surface area contributed by atoms with Gasteiger partial charge in [0.25, 0.3) is 0 Å². The van der Waals surface area contributed by atoms with Gasteiger partial charge < -0.3 is 0 Å². The Bertz CT molecular complexity index is 540. The molecule has 0 bridgehead atoms. The molecule has 0 aliphatic rings. The lowest BCUT2D eigenvalue weighted by molar-refractivity contribution is 0.101. The van der Waals surface area contributed by atoms with Gasteiger partial charge in [0.1, 0.15) is 11.6 Å². The van der Waals surface area contributed by atoms with E-state index in [4.69, 9.17) is 11.6 Å². The van der Waals surface area contributed by atoms with Crippen LogP contribution < -0.4 is 0 Å². The summed E-state index contributed by atoms with van der Waals surface area (Å²) in [6.45, 7) is 0. The monoisotopic (exact) mass is 268 g/mol. The summed E-state index contributed by atoms with van der Waals surface area (Å²) in [5.41, 5.74) is -0.919. The van der Waals surface area contributed by atoms with Gasteiger partial charge in [0, 0.05) is 6.26 Å². The molecule has 0 unspecified atom stereocenters. The van der Waals surface area contributed by atoms with Gasteiger partial charge in [-0.1, -0.05) is 11.6 Å². The Labute approximate surface area is 95.9 Å². The van der Waals surface area contributed by atoms with Gasteiger partial charge in [-0.3, -0.25) is 4.79 Å². The minimum Gasteiger partial charge on any atom is -0.293 e. The summed E-state index contributed by atoms with van der Waals surface area (Å²) in [6.07, 6.45) is 0.797. The number of carbonyl (C=O) groups is 1. The van der Waals surface area contributed by atoms with Crippen LogP contribution in [0.5, 0.6) is 0 Å². The van der Waals surface area contributed by atoms with Crippen molar-refractivity contribution in [1.29, 1.82) is 0 Å². The Kier molecular flexibility index (Phi) is 3.64. The largest absolute Gasteiger partial charge is 0.293 e. The first kappa shape index (κ1) is 13.1. The number of hydrogen-bond acceptors (Lipinski definition) is 3. The molecule has 0 aromatic heterocycles. The molecule has 16 heavy (non-hydrogen) atoms. The van der Waals surface area contributed by atoms with E-state index in [9.17, 15) is 22.0 Å². The minimum atomic E-state index is -3.64. The van der Waals surface area contributed by atoms with Crippen molar-refractivity contribution in [2.24, 2.45) is 0 Å². The van der Waals surface area contributed by atoms with Crippen molar-refractivity contribution in [3.8, 4) is 0 Å². The molecule has 0 saturated carbocycles. The summed E-state index contributed by atoms with van der Waals surface area (Å²) in [5.74, 6) is -4.48. The quantitative estimate of drug-likeness (QED) is 0.621. The lowest BCUT2D eigenvalue weighted by Gasteiger charge is -2.04. The first-order chi connectivity index (χ1) is 7.22. The fourth-order valence-electron chi connectivity index (χ4n) is 1.09. The van der Waals surface area contributed by atoms with Crippen LogP contribution in [-0.2, 0) is 9.84 Å². The Hall–Kier alpha value is -1.01. The van der Waals surface area contributed by atoms with E-state index in [0.29, 0.717) is 0 Å². The number of carbonyl (C=O) groups excluding carboxylic acids is 1. The zero-order valence-corrected chi connectivity index (χ0v) is 9.70. The summed E-state index contributed by atoms with van der Waals surface area (Å²) >= 11 is 5.36. The molecule has 1 aromatic rings. The predicted molar refractivity (Wildman–Crippen MR) is 55.4 cm³/mol. The average Bonchev–Trinajstić information content (AvgIpc) is 2.09. The number of sulfone groups is 1. The third-order valence-electron chi connectivity index (χ3n) is 1.72. The van der Waals surface area contributed by atoms with Gasteiger partial charge in [0.15, 0.2) is 21.4 Å². The maximum Gasteiger partial charge on any atom is 0.183 e. The summed E-state index contributed by atoms with van der Waals surface area (Å²) in [6, 6.07) is 1.75.